The summed E-state index contributed by atoms with van der Waals surface area (Å²) in [6.07, 6.45) is 0. The summed E-state index contributed by atoms with van der Waals surface area (Å²) in [7, 11) is 2.08. The molecular formula is C13H28N2. The predicted octanol–water partition coefficient (Wildman–Crippen LogP) is 2.21. The maximum atomic E-state index is 3.46. The van der Waals surface area contributed by atoms with Gasteiger partial charge in [-0.05, 0) is 24.3 Å². The Kier molecular flexibility index (Phi) is 4.19. The van der Waals surface area contributed by atoms with Crippen LogP contribution < -0.4 is 5.32 Å². The van der Waals surface area contributed by atoms with E-state index in [9.17, 15) is 0 Å². The summed E-state index contributed by atoms with van der Waals surface area (Å²) in [5.74, 6) is 1.73. The summed E-state index contributed by atoms with van der Waals surface area (Å²) >= 11 is 0. The van der Waals surface area contributed by atoms with Gasteiger partial charge in [-0.15, -0.1) is 0 Å². The van der Waals surface area contributed by atoms with Crippen molar-refractivity contribution in [3.8, 4) is 0 Å². The smallest absolute Gasteiger partial charge is 0.0240 e. The number of likely N-dealkylation sites (tertiary alicyclic amines) is 1. The summed E-state index contributed by atoms with van der Waals surface area (Å²) in [6.45, 7) is 15.4. The van der Waals surface area contributed by atoms with E-state index in [1.54, 1.807) is 0 Å². The molecule has 2 nitrogen and oxygen atoms in total. The van der Waals surface area contributed by atoms with Crippen molar-refractivity contribution in [2.24, 2.45) is 17.3 Å². The summed E-state index contributed by atoms with van der Waals surface area (Å²) < 4.78 is 0. The second-order valence-electron chi connectivity index (χ2n) is 6.38. The van der Waals surface area contributed by atoms with E-state index in [-0.39, 0.29) is 0 Å². The van der Waals surface area contributed by atoms with Crippen LogP contribution in [0, 0.1) is 17.3 Å². The topological polar surface area (TPSA) is 15.3 Å². The number of rotatable bonds is 3. The first-order valence-corrected chi connectivity index (χ1v) is 6.24. The molecule has 0 aromatic carbocycles. The molecule has 0 aromatic heterocycles. The van der Waals surface area contributed by atoms with E-state index in [4.69, 9.17) is 0 Å². The van der Waals surface area contributed by atoms with E-state index in [0.717, 1.165) is 11.8 Å². The highest BCUT2D eigenvalue weighted by molar-refractivity contribution is 4.86. The Hall–Kier alpha value is -0.0800. The molecule has 0 spiro atoms. The Balaban J connectivity index is 2.47. The molecule has 1 rings (SSSR count). The molecule has 3 unspecified atom stereocenters. The van der Waals surface area contributed by atoms with Crippen LogP contribution in [0.15, 0.2) is 0 Å². The molecule has 1 heterocycles. The van der Waals surface area contributed by atoms with Crippen molar-refractivity contribution in [2.45, 2.75) is 40.7 Å². The van der Waals surface area contributed by atoms with E-state index in [1.807, 2.05) is 0 Å². The van der Waals surface area contributed by atoms with Gasteiger partial charge in [-0.3, -0.25) is 0 Å². The van der Waals surface area contributed by atoms with Gasteiger partial charge in [0.25, 0.3) is 0 Å². The zero-order chi connectivity index (χ0) is 11.6. The largest absolute Gasteiger partial charge is 0.315 e. The van der Waals surface area contributed by atoms with Crippen molar-refractivity contribution in [3.05, 3.63) is 0 Å². The number of likely N-dealkylation sites (N-methyl/N-ethyl adjacent to an activating group) is 1. The van der Waals surface area contributed by atoms with Gasteiger partial charge in [0.1, 0.15) is 0 Å². The summed E-state index contributed by atoms with van der Waals surface area (Å²) in [6, 6.07) is 0.593. The fraction of sp³-hybridized carbons (Fsp3) is 1.00. The van der Waals surface area contributed by atoms with Gasteiger partial charge in [-0.1, -0.05) is 34.6 Å². The zero-order valence-electron chi connectivity index (χ0n) is 11.3. The molecule has 0 bridgehead atoms. The van der Waals surface area contributed by atoms with Crippen LogP contribution in [0.3, 0.4) is 0 Å². The van der Waals surface area contributed by atoms with Gasteiger partial charge in [-0.2, -0.15) is 0 Å². The molecular weight excluding hydrogens is 184 g/mol. The van der Waals surface area contributed by atoms with Crippen LogP contribution in [0.25, 0.3) is 0 Å². The average Bonchev–Trinajstić information content (AvgIpc) is 2.40. The SMILES string of the molecule is CNC(CN1CC(C)C(C)C1)C(C)(C)C. The third-order valence-corrected chi connectivity index (χ3v) is 3.90. The summed E-state index contributed by atoms with van der Waals surface area (Å²) in [4.78, 5) is 2.61. The third-order valence-electron chi connectivity index (χ3n) is 3.90. The Bertz CT molecular complexity index is 185. The first-order valence-electron chi connectivity index (χ1n) is 6.24. The second kappa shape index (κ2) is 4.84. The van der Waals surface area contributed by atoms with Crippen LogP contribution >= 0.6 is 0 Å². The van der Waals surface area contributed by atoms with E-state index in [1.165, 1.54) is 19.6 Å². The highest BCUT2D eigenvalue weighted by Crippen LogP contribution is 2.25. The van der Waals surface area contributed by atoms with Crippen LogP contribution in [-0.4, -0.2) is 37.6 Å². The van der Waals surface area contributed by atoms with Crippen molar-refractivity contribution in [1.82, 2.24) is 10.2 Å². The molecule has 0 amide bonds. The molecule has 90 valence electrons. The van der Waals surface area contributed by atoms with Crippen LogP contribution in [0.4, 0.5) is 0 Å². The third kappa shape index (κ3) is 3.46. The molecule has 1 aliphatic rings. The van der Waals surface area contributed by atoms with E-state index in [0.29, 0.717) is 11.5 Å². The minimum Gasteiger partial charge on any atom is -0.315 e. The minimum atomic E-state index is 0.351. The second-order valence-corrected chi connectivity index (χ2v) is 6.38. The minimum absolute atomic E-state index is 0.351. The van der Waals surface area contributed by atoms with Gasteiger partial charge in [-0.25, -0.2) is 0 Å². The maximum Gasteiger partial charge on any atom is 0.0240 e. The highest BCUT2D eigenvalue weighted by Gasteiger charge is 2.30. The Morgan fingerprint density at radius 2 is 1.67 bits per heavy atom. The Labute approximate surface area is 95.4 Å². The van der Waals surface area contributed by atoms with Crippen LogP contribution in [-0.2, 0) is 0 Å². The summed E-state index contributed by atoms with van der Waals surface area (Å²) in [5, 5.41) is 3.46. The molecule has 15 heavy (non-hydrogen) atoms. The molecule has 0 saturated carbocycles. The summed E-state index contributed by atoms with van der Waals surface area (Å²) in [5.41, 5.74) is 0.351. The van der Waals surface area contributed by atoms with Crippen molar-refractivity contribution < 1.29 is 0 Å². The van der Waals surface area contributed by atoms with Gasteiger partial charge in [0.15, 0.2) is 0 Å². The van der Waals surface area contributed by atoms with Crippen molar-refractivity contribution in [2.75, 3.05) is 26.7 Å². The molecule has 0 aliphatic carbocycles. The van der Waals surface area contributed by atoms with E-state index < -0.39 is 0 Å². The normalized spacial score (nSPS) is 30.8. The van der Waals surface area contributed by atoms with Crippen molar-refractivity contribution in [1.29, 1.82) is 0 Å². The number of hydrogen-bond acceptors (Lipinski definition) is 2. The van der Waals surface area contributed by atoms with E-state index >= 15 is 0 Å². The van der Waals surface area contributed by atoms with Crippen molar-refractivity contribution >= 4 is 0 Å². The lowest BCUT2D eigenvalue weighted by molar-refractivity contribution is 0.197. The molecule has 1 fully saturated rings. The Morgan fingerprint density at radius 3 is 2.00 bits per heavy atom. The van der Waals surface area contributed by atoms with E-state index in [2.05, 4.69) is 51.9 Å². The molecule has 0 radical (unpaired) electrons. The quantitative estimate of drug-likeness (QED) is 0.771. The van der Waals surface area contributed by atoms with Gasteiger partial charge in [0.2, 0.25) is 0 Å². The lowest BCUT2D eigenvalue weighted by Gasteiger charge is -2.33. The number of hydrogen-bond donors (Lipinski definition) is 1. The zero-order valence-corrected chi connectivity index (χ0v) is 11.3. The van der Waals surface area contributed by atoms with Gasteiger partial charge >= 0.3 is 0 Å². The monoisotopic (exact) mass is 212 g/mol. The molecule has 1 aliphatic heterocycles. The van der Waals surface area contributed by atoms with Gasteiger partial charge in [0, 0.05) is 25.7 Å². The standard InChI is InChI=1S/C13H28N2/c1-10-7-15(8-11(10)2)9-12(14-6)13(3,4)5/h10-12,14H,7-9H2,1-6H3. The lowest BCUT2D eigenvalue weighted by Crippen LogP contribution is -2.46. The Morgan fingerprint density at radius 1 is 1.20 bits per heavy atom. The van der Waals surface area contributed by atoms with Crippen LogP contribution in [0.1, 0.15) is 34.6 Å². The lowest BCUT2D eigenvalue weighted by atomic mass is 9.86. The molecule has 1 N–H and O–H groups in total. The first-order chi connectivity index (χ1) is 6.84. The maximum absolute atomic E-state index is 3.46. The van der Waals surface area contributed by atoms with Gasteiger partial charge in [0.05, 0.1) is 0 Å². The molecule has 1 saturated heterocycles. The van der Waals surface area contributed by atoms with Crippen LogP contribution in [0.2, 0.25) is 0 Å². The number of nitrogens with zero attached hydrogens (tertiary/aromatic N) is 1. The molecule has 0 aromatic rings. The highest BCUT2D eigenvalue weighted by atomic mass is 15.2. The van der Waals surface area contributed by atoms with Gasteiger partial charge < -0.3 is 10.2 Å². The first kappa shape index (κ1) is 13.0. The predicted molar refractivity (Wildman–Crippen MR) is 67.1 cm³/mol. The molecule has 2 heteroatoms. The number of nitrogens with one attached hydrogen (secondary N) is 1. The molecule has 3 atom stereocenters. The van der Waals surface area contributed by atoms with Crippen molar-refractivity contribution in [3.63, 3.8) is 0 Å². The fourth-order valence-electron chi connectivity index (χ4n) is 2.45. The fourth-order valence-corrected chi connectivity index (χ4v) is 2.45. The van der Waals surface area contributed by atoms with Crippen LogP contribution in [0.5, 0.6) is 0 Å². The average molecular weight is 212 g/mol.